The standard InChI is InChI=1S/C10H10N4O3/c11-9(15)5-14-12-7-2-1-6(4-10(16)17)3-8(7)13-14/h1-3H,4-5H2,(H2,11,15)(H,16,17). The Morgan fingerprint density at radius 3 is 2.65 bits per heavy atom. The molecule has 7 nitrogen and oxygen atoms in total. The maximum absolute atomic E-state index is 10.7. The highest BCUT2D eigenvalue weighted by Gasteiger charge is 2.07. The first kappa shape index (κ1) is 11.1. The average molecular weight is 234 g/mol. The van der Waals surface area contributed by atoms with Crippen molar-refractivity contribution in [2.45, 2.75) is 13.0 Å². The largest absolute Gasteiger partial charge is 0.481 e. The molecular weight excluding hydrogens is 224 g/mol. The van der Waals surface area contributed by atoms with Crippen molar-refractivity contribution in [3.63, 3.8) is 0 Å². The number of amides is 1. The van der Waals surface area contributed by atoms with Crippen LogP contribution >= 0.6 is 0 Å². The molecular formula is C10H10N4O3. The number of fused-ring (bicyclic) bond motifs is 1. The third-order valence-electron chi connectivity index (χ3n) is 2.14. The molecule has 17 heavy (non-hydrogen) atoms. The summed E-state index contributed by atoms with van der Waals surface area (Å²) < 4.78 is 0. The Bertz CT molecular complexity index is 576. The highest BCUT2D eigenvalue weighted by atomic mass is 16.4. The molecule has 0 fully saturated rings. The van der Waals surface area contributed by atoms with Gasteiger partial charge < -0.3 is 10.8 Å². The number of primary amides is 1. The summed E-state index contributed by atoms with van der Waals surface area (Å²) in [5.41, 5.74) is 6.80. The topological polar surface area (TPSA) is 111 Å². The van der Waals surface area contributed by atoms with Crippen LogP contribution in [-0.4, -0.2) is 32.0 Å². The second kappa shape index (κ2) is 4.20. The fraction of sp³-hybridized carbons (Fsp3) is 0.200. The van der Waals surface area contributed by atoms with Gasteiger partial charge in [0.15, 0.2) is 0 Å². The second-order valence-electron chi connectivity index (χ2n) is 3.59. The summed E-state index contributed by atoms with van der Waals surface area (Å²) in [4.78, 5) is 22.4. The summed E-state index contributed by atoms with van der Waals surface area (Å²) in [6.45, 7) is -0.0943. The zero-order valence-electron chi connectivity index (χ0n) is 8.83. The summed E-state index contributed by atoms with van der Waals surface area (Å²) in [5.74, 6) is -1.44. The number of aliphatic carboxylic acids is 1. The molecule has 1 aromatic heterocycles. The summed E-state index contributed by atoms with van der Waals surface area (Å²) in [6, 6.07) is 4.96. The predicted molar refractivity (Wildman–Crippen MR) is 58.1 cm³/mol. The lowest BCUT2D eigenvalue weighted by Gasteiger charge is -1.94. The number of hydrogen-bond acceptors (Lipinski definition) is 4. The number of benzene rings is 1. The minimum Gasteiger partial charge on any atom is -0.481 e. The molecule has 1 aromatic carbocycles. The van der Waals surface area contributed by atoms with Crippen LogP contribution in [0.15, 0.2) is 18.2 Å². The van der Waals surface area contributed by atoms with Crippen LogP contribution in [0.2, 0.25) is 0 Å². The lowest BCUT2D eigenvalue weighted by molar-refractivity contribution is -0.136. The minimum absolute atomic E-state index is 0.0708. The van der Waals surface area contributed by atoms with Gasteiger partial charge in [-0.1, -0.05) is 6.07 Å². The molecule has 2 aromatic rings. The normalized spacial score (nSPS) is 10.6. The van der Waals surface area contributed by atoms with Crippen molar-refractivity contribution in [2.24, 2.45) is 5.73 Å². The van der Waals surface area contributed by atoms with E-state index >= 15 is 0 Å². The molecule has 0 aliphatic rings. The average Bonchev–Trinajstić information content (AvgIpc) is 2.56. The fourth-order valence-electron chi connectivity index (χ4n) is 1.50. The Morgan fingerprint density at radius 2 is 2.00 bits per heavy atom. The molecule has 1 amide bonds. The van der Waals surface area contributed by atoms with Gasteiger partial charge in [-0.2, -0.15) is 15.0 Å². The van der Waals surface area contributed by atoms with Gasteiger partial charge in [-0.05, 0) is 17.7 Å². The number of nitrogens with zero attached hydrogens (tertiary/aromatic N) is 3. The molecule has 0 spiro atoms. The molecule has 0 bridgehead atoms. The Labute approximate surface area is 95.8 Å². The molecule has 0 atom stereocenters. The van der Waals surface area contributed by atoms with E-state index in [1.807, 2.05) is 0 Å². The molecule has 0 saturated heterocycles. The van der Waals surface area contributed by atoms with E-state index in [0.29, 0.717) is 16.6 Å². The van der Waals surface area contributed by atoms with Crippen LogP contribution in [0.25, 0.3) is 11.0 Å². The van der Waals surface area contributed by atoms with Gasteiger partial charge in [0, 0.05) is 0 Å². The van der Waals surface area contributed by atoms with E-state index in [9.17, 15) is 9.59 Å². The van der Waals surface area contributed by atoms with Crippen molar-refractivity contribution >= 4 is 22.9 Å². The van der Waals surface area contributed by atoms with Gasteiger partial charge in [0.2, 0.25) is 5.91 Å². The summed E-state index contributed by atoms with van der Waals surface area (Å²) in [6.07, 6.45) is -0.0708. The number of aromatic nitrogens is 3. The highest BCUT2D eigenvalue weighted by Crippen LogP contribution is 2.12. The first-order valence-corrected chi connectivity index (χ1v) is 4.88. The maximum atomic E-state index is 10.7. The quantitative estimate of drug-likeness (QED) is 0.743. The van der Waals surface area contributed by atoms with Gasteiger partial charge in [0.05, 0.1) is 6.42 Å². The van der Waals surface area contributed by atoms with Gasteiger partial charge in [-0.25, -0.2) is 0 Å². The molecule has 7 heteroatoms. The van der Waals surface area contributed by atoms with E-state index in [2.05, 4.69) is 10.2 Å². The third-order valence-corrected chi connectivity index (χ3v) is 2.14. The Hall–Kier alpha value is -2.44. The lowest BCUT2D eigenvalue weighted by atomic mass is 10.1. The van der Waals surface area contributed by atoms with Gasteiger partial charge in [0.1, 0.15) is 17.6 Å². The summed E-state index contributed by atoms with van der Waals surface area (Å²) in [5, 5.41) is 16.7. The number of rotatable bonds is 4. The van der Waals surface area contributed by atoms with Crippen LogP contribution in [0.3, 0.4) is 0 Å². The van der Waals surface area contributed by atoms with Crippen molar-refractivity contribution in [1.29, 1.82) is 0 Å². The Kier molecular flexibility index (Phi) is 2.73. The Morgan fingerprint density at radius 1 is 1.29 bits per heavy atom. The number of carbonyl (C=O) groups is 2. The second-order valence-corrected chi connectivity index (χ2v) is 3.59. The van der Waals surface area contributed by atoms with Crippen LogP contribution in [0.5, 0.6) is 0 Å². The van der Waals surface area contributed by atoms with Crippen molar-refractivity contribution in [3.8, 4) is 0 Å². The van der Waals surface area contributed by atoms with Crippen molar-refractivity contribution in [1.82, 2.24) is 15.0 Å². The minimum atomic E-state index is -0.908. The first-order chi connectivity index (χ1) is 8.04. The highest BCUT2D eigenvalue weighted by molar-refractivity contribution is 5.78. The van der Waals surface area contributed by atoms with E-state index in [0.717, 1.165) is 0 Å². The SMILES string of the molecule is NC(=O)Cn1nc2ccc(CC(=O)O)cc2n1. The van der Waals surface area contributed by atoms with E-state index in [1.54, 1.807) is 18.2 Å². The molecule has 88 valence electrons. The Balaban J connectivity index is 2.33. The molecule has 3 N–H and O–H groups in total. The number of carbonyl (C=O) groups excluding carboxylic acids is 1. The van der Waals surface area contributed by atoms with Gasteiger partial charge in [0.25, 0.3) is 0 Å². The van der Waals surface area contributed by atoms with Gasteiger partial charge in [-0.3, -0.25) is 9.59 Å². The van der Waals surface area contributed by atoms with Crippen LogP contribution < -0.4 is 5.73 Å². The van der Waals surface area contributed by atoms with Crippen LogP contribution in [0.4, 0.5) is 0 Å². The smallest absolute Gasteiger partial charge is 0.307 e. The number of carboxylic acid groups (broad SMARTS) is 1. The summed E-state index contributed by atoms with van der Waals surface area (Å²) in [7, 11) is 0. The van der Waals surface area contributed by atoms with Crippen LogP contribution in [0.1, 0.15) is 5.56 Å². The van der Waals surface area contributed by atoms with Crippen molar-refractivity contribution in [3.05, 3.63) is 23.8 Å². The molecule has 2 rings (SSSR count). The maximum Gasteiger partial charge on any atom is 0.307 e. The zero-order chi connectivity index (χ0) is 12.4. The molecule has 0 aliphatic carbocycles. The van der Waals surface area contributed by atoms with Crippen LogP contribution in [0, 0.1) is 0 Å². The molecule has 1 heterocycles. The van der Waals surface area contributed by atoms with Gasteiger partial charge >= 0.3 is 5.97 Å². The number of hydrogen-bond donors (Lipinski definition) is 2. The fourth-order valence-corrected chi connectivity index (χ4v) is 1.50. The number of nitrogens with two attached hydrogens (primary N) is 1. The van der Waals surface area contributed by atoms with E-state index in [-0.39, 0.29) is 13.0 Å². The van der Waals surface area contributed by atoms with Crippen LogP contribution in [-0.2, 0) is 22.6 Å². The van der Waals surface area contributed by atoms with E-state index < -0.39 is 11.9 Å². The zero-order valence-corrected chi connectivity index (χ0v) is 8.83. The predicted octanol–water partition coefficient (Wildman–Crippen LogP) is -0.456. The van der Waals surface area contributed by atoms with Crippen molar-refractivity contribution < 1.29 is 14.7 Å². The monoisotopic (exact) mass is 234 g/mol. The summed E-state index contributed by atoms with van der Waals surface area (Å²) >= 11 is 0. The van der Waals surface area contributed by atoms with Crippen molar-refractivity contribution in [2.75, 3.05) is 0 Å². The lowest BCUT2D eigenvalue weighted by Crippen LogP contribution is -2.20. The molecule has 0 aliphatic heterocycles. The number of carboxylic acids is 1. The van der Waals surface area contributed by atoms with E-state index in [1.165, 1.54) is 4.80 Å². The molecule has 0 unspecified atom stereocenters. The third kappa shape index (κ3) is 2.57. The van der Waals surface area contributed by atoms with Gasteiger partial charge in [-0.15, -0.1) is 0 Å². The molecule has 0 radical (unpaired) electrons. The van der Waals surface area contributed by atoms with E-state index in [4.69, 9.17) is 10.8 Å². The first-order valence-electron chi connectivity index (χ1n) is 4.88. The molecule has 0 saturated carbocycles.